The van der Waals surface area contributed by atoms with E-state index >= 15 is 0 Å². The third-order valence-corrected chi connectivity index (χ3v) is 5.76. The molecule has 26 heavy (non-hydrogen) atoms. The molecule has 1 fully saturated rings. The summed E-state index contributed by atoms with van der Waals surface area (Å²) in [6.07, 6.45) is -4.57. The number of benzene rings is 2. The van der Waals surface area contributed by atoms with Crippen molar-refractivity contribution in [2.24, 2.45) is 0 Å². The van der Waals surface area contributed by atoms with E-state index in [-0.39, 0.29) is 35.1 Å². The molecular weight excluding hydrogens is 456 g/mol. The van der Waals surface area contributed by atoms with Crippen molar-refractivity contribution in [1.29, 1.82) is 0 Å². The zero-order chi connectivity index (χ0) is 19.1. The van der Waals surface area contributed by atoms with Crippen molar-refractivity contribution in [3.05, 3.63) is 56.5 Å². The van der Waals surface area contributed by atoms with Gasteiger partial charge in [0, 0.05) is 33.3 Å². The van der Waals surface area contributed by atoms with Crippen molar-refractivity contribution in [2.45, 2.75) is 18.0 Å². The Kier molecular flexibility index (Phi) is 5.36. The summed E-state index contributed by atoms with van der Waals surface area (Å²) in [5.41, 5.74) is 1.08. The fourth-order valence-corrected chi connectivity index (χ4v) is 4.26. The first kappa shape index (κ1) is 19.6. The molecule has 0 spiro atoms. The minimum Gasteiger partial charge on any atom is -0.370 e. The number of nitrogens with one attached hydrogen (secondary N) is 1. The van der Waals surface area contributed by atoms with Gasteiger partial charge < -0.3 is 4.90 Å². The molecule has 0 radical (unpaired) electrons. The minimum absolute atomic E-state index is 0.0673. The highest BCUT2D eigenvalue weighted by Crippen LogP contribution is 2.49. The summed E-state index contributed by atoms with van der Waals surface area (Å²) in [4.78, 5) is 1.66. The molecule has 1 saturated heterocycles. The predicted octanol–water partition coefficient (Wildman–Crippen LogP) is 6.27. The highest BCUT2D eigenvalue weighted by Gasteiger charge is 2.59. The second-order valence-corrected chi connectivity index (χ2v) is 7.91. The van der Waals surface area contributed by atoms with Gasteiger partial charge in [-0.3, -0.25) is 10.7 Å². The van der Waals surface area contributed by atoms with Crippen LogP contribution in [0.4, 0.5) is 24.5 Å². The second kappa shape index (κ2) is 7.11. The molecule has 0 bridgehead atoms. The van der Waals surface area contributed by atoms with E-state index in [0.29, 0.717) is 15.8 Å². The van der Waals surface area contributed by atoms with E-state index in [4.69, 9.17) is 28.4 Å². The van der Waals surface area contributed by atoms with Gasteiger partial charge in [-0.05, 0) is 64.3 Å². The predicted molar refractivity (Wildman–Crippen MR) is 101 cm³/mol. The first-order valence-corrected chi connectivity index (χ1v) is 9.19. The molecule has 2 aromatic carbocycles. The number of halogens is 6. The van der Waals surface area contributed by atoms with Crippen molar-refractivity contribution in [3.8, 4) is 0 Å². The zero-order valence-corrected chi connectivity index (χ0v) is 16.3. The molecule has 1 aliphatic rings. The normalized spacial score (nSPS) is 20.5. The van der Waals surface area contributed by atoms with E-state index in [1.807, 2.05) is 5.48 Å². The van der Waals surface area contributed by atoms with Crippen LogP contribution in [0.1, 0.15) is 12.0 Å². The Morgan fingerprint density at radius 2 is 1.77 bits per heavy atom. The largest absolute Gasteiger partial charge is 0.400 e. The van der Waals surface area contributed by atoms with Crippen LogP contribution in [0.5, 0.6) is 0 Å². The number of hydrogen-bond acceptors (Lipinski definition) is 3. The van der Waals surface area contributed by atoms with Crippen molar-refractivity contribution < 1.29 is 18.4 Å². The van der Waals surface area contributed by atoms with Gasteiger partial charge in [0.1, 0.15) is 5.41 Å². The van der Waals surface area contributed by atoms with E-state index < -0.39 is 11.6 Å². The molecule has 1 atom stereocenters. The number of rotatable bonds is 3. The van der Waals surface area contributed by atoms with Gasteiger partial charge in [-0.15, -0.1) is 0 Å². The quantitative estimate of drug-likeness (QED) is 0.520. The van der Waals surface area contributed by atoms with E-state index in [9.17, 15) is 13.2 Å². The number of hydrogen-bond donors (Lipinski definition) is 2. The standard InChI is InChI=1S/C17H14BrCl2F3N2O/c18-14-8-13(1-2-15(14)24-26)25-4-3-16(9-25,17(21,22)23)10-5-11(19)7-12(20)6-10/h1-2,5-8,24,26H,3-4,9H2. The van der Waals surface area contributed by atoms with Gasteiger partial charge in [0.15, 0.2) is 0 Å². The smallest absolute Gasteiger partial charge is 0.370 e. The van der Waals surface area contributed by atoms with Crippen LogP contribution in [-0.4, -0.2) is 24.5 Å². The van der Waals surface area contributed by atoms with Crippen LogP contribution in [0, 0.1) is 0 Å². The van der Waals surface area contributed by atoms with Gasteiger partial charge in [-0.2, -0.15) is 13.2 Å². The Labute approximate surface area is 166 Å². The van der Waals surface area contributed by atoms with Crippen LogP contribution in [0.15, 0.2) is 40.9 Å². The Hall–Kier alpha value is -1.15. The molecule has 1 unspecified atom stereocenters. The Bertz CT molecular complexity index is 814. The molecular formula is C17H14BrCl2F3N2O. The topological polar surface area (TPSA) is 35.5 Å². The fraction of sp³-hybridized carbons (Fsp3) is 0.294. The van der Waals surface area contributed by atoms with Crippen LogP contribution in [-0.2, 0) is 5.41 Å². The molecule has 1 heterocycles. The fourth-order valence-electron chi connectivity index (χ4n) is 3.28. The number of nitrogens with zero attached hydrogens (tertiary/aromatic N) is 1. The second-order valence-electron chi connectivity index (χ2n) is 6.19. The third-order valence-electron chi connectivity index (χ3n) is 4.67. The first-order valence-electron chi connectivity index (χ1n) is 7.64. The molecule has 1 aliphatic heterocycles. The maximum atomic E-state index is 14.1. The lowest BCUT2D eigenvalue weighted by Crippen LogP contribution is -2.44. The summed E-state index contributed by atoms with van der Waals surface area (Å²) >= 11 is 15.2. The molecule has 0 saturated carbocycles. The van der Waals surface area contributed by atoms with Gasteiger partial charge >= 0.3 is 6.18 Å². The summed E-state index contributed by atoms with van der Waals surface area (Å²) in [6, 6.07) is 8.99. The van der Waals surface area contributed by atoms with E-state index in [1.54, 1.807) is 23.1 Å². The molecule has 140 valence electrons. The molecule has 2 N–H and O–H groups in total. The molecule has 9 heteroatoms. The lowest BCUT2D eigenvalue weighted by atomic mass is 9.79. The maximum Gasteiger partial charge on any atom is 0.400 e. The van der Waals surface area contributed by atoms with E-state index in [0.717, 1.165) is 0 Å². The molecule has 3 nitrogen and oxygen atoms in total. The summed E-state index contributed by atoms with van der Waals surface area (Å²) < 4.78 is 42.8. The van der Waals surface area contributed by atoms with Crippen molar-refractivity contribution in [3.63, 3.8) is 0 Å². The molecule has 0 amide bonds. The van der Waals surface area contributed by atoms with Crippen LogP contribution < -0.4 is 10.4 Å². The minimum atomic E-state index is -4.46. The van der Waals surface area contributed by atoms with Crippen LogP contribution in [0.2, 0.25) is 10.0 Å². The average molecular weight is 470 g/mol. The van der Waals surface area contributed by atoms with Gasteiger partial charge in [0.25, 0.3) is 0 Å². The monoisotopic (exact) mass is 468 g/mol. The van der Waals surface area contributed by atoms with Crippen molar-refractivity contribution in [1.82, 2.24) is 0 Å². The Balaban J connectivity index is 2.00. The zero-order valence-electron chi connectivity index (χ0n) is 13.2. The van der Waals surface area contributed by atoms with Crippen molar-refractivity contribution in [2.75, 3.05) is 23.5 Å². The van der Waals surface area contributed by atoms with Crippen LogP contribution in [0.3, 0.4) is 0 Å². The number of alkyl halides is 3. The third kappa shape index (κ3) is 3.50. The van der Waals surface area contributed by atoms with E-state index in [2.05, 4.69) is 15.9 Å². The van der Waals surface area contributed by atoms with Crippen LogP contribution >= 0.6 is 39.1 Å². The van der Waals surface area contributed by atoms with Gasteiger partial charge in [0.2, 0.25) is 0 Å². The Morgan fingerprint density at radius 1 is 1.12 bits per heavy atom. The molecule has 0 aromatic heterocycles. The summed E-state index contributed by atoms with van der Waals surface area (Å²) in [5.74, 6) is 0. The first-order chi connectivity index (χ1) is 12.2. The lowest BCUT2D eigenvalue weighted by Gasteiger charge is -2.33. The molecule has 0 aliphatic carbocycles. The van der Waals surface area contributed by atoms with Crippen LogP contribution in [0.25, 0.3) is 0 Å². The van der Waals surface area contributed by atoms with Crippen molar-refractivity contribution >= 4 is 50.5 Å². The lowest BCUT2D eigenvalue weighted by molar-refractivity contribution is -0.184. The molecule has 3 rings (SSSR count). The summed E-state index contributed by atoms with van der Waals surface area (Å²) in [6.45, 7) is -0.0203. The summed E-state index contributed by atoms with van der Waals surface area (Å²) in [7, 11) is 0. The highest BCUT2D eigenvalue weighted by atomic mass is 79.9. The van der Waals surface area contributed by atoms with Gasteiger partial charge in [-0.25, -0.2) is 0 Å². The molecule has 2 aromatic rings. The van der Waals surface area contributed by atoms with Gasteiger partial charge in [0.05, 0.1) is 5.69 Å². The summed E-state index contributed by atoms with van der Waals surface area (Å²) in [5, 5.41) is 9.35. The Morgan fingerprint density at radius 3 is 2.31 bits per heavy atom. The SMILES string of the molecule is ONc1ccc(N2CCC(c3cc(Cl)cc(Cl)c3)(C(F)(F)F)C2)cc1Br. The van der Waals surface area contributed by atoms with Gasteiger partial charge in [-0.1, -0.05) is 23.2 Å². The van der Waals surface area contributed by atoms with E-state index in [1.165, 1.54) is 18.2 Å². The highest BCUT2D eigenvalue weighted by molar-refractivity contribution is 9.10. The number of anilines is 2. The average Bonchev–Trinajstić information content (AvgIpc) is 3.00. The maximum absolute atomic E-state index is 14.1.